The highest BCUT2D eigenvalue weighted by Crippen LogP contribution is 2.35. The molecule has 6 heteroatoms. The second-order valence-electron chi connectivity index (χ2n) is 7.32. The predicted octanol–water partition coefficient (Wildman–Crippen LogP) is 2.32. The first-order valence-electron chi connectivity index (χ1n) is 9.36. The van der Waals surface area contributed by atoms with E-state index in [1.165, 1.54) is 20.5 Å². The lowest BCUT2D eigenvalue weighted by Crippen LogP contribution is -2.55. The van der Waals surface area contributed by atoms with Gasteiger partial charge in [-0.15, -0.1) is 11.3 Å². The maximum atomic E-state index is 10.4. The third-order valence-corrected chi connectivity index (χ3v) is 6.75. The van der Waals surface area contributed by atoms with Crippen LogP contribution in [0, 0.1) is 6.92 Å². The minimum absolute atomic E-state index is 0.428. The fourth-order valence-corrected chi connectivity index (χ4v) is 5.08. The number of benzene rings is 2. The van der Waals surface area contributed by atoms with E-state index >= 15 is 0 Å². The molecule has 1 aliphatic heterocycles. The molecule has 4 N–H and O–H groups in total. The third-order valence-electron chi connectivity index (χ3n) is 5.48. The van der Waals surface area contributed by atoms with Crippen LogP contribution in [0.5, 0.6) is 0 Å². The Morgan fingerprint density at radius 2 is 1.75 bits per heavy atom. The molecule has 0 saturated carbocycles. The topological polar surface area (TPSA) is 90.2 Å². The molecule has 0 amide bonds. The summed E-state index contributed by atoms with van der Waals surface area (Å²) in [5, 5.41) is 41.1. The predicted molar refractivity (Wildman–Crippen MR) is 109 cm³/mol. The van der Waals surface area contributed by atoms with Crippen molar-refractivity contribution in [3.63, 3.8) is 0 Å². The van der Waals surface area contributed by atoms with Crippen LogP contribution in [-0.2, 0) is 11.2 Å². The molecule has 0 radical (unpaired) electrons. The molecule has 2 heterocycles. The van der Waals surface area contributed by atoms with Crippen molar-refractivity contribution in [2.24, 2.45) is 0 Å². The molecule has 4 rings (SSSR count). The van der Waals surface area contributed by atoms with Gasteiger partial charge in [0.1, 0.15) is 30.5 Å². The fourth-order valence-electron chi connectivity index (χ4n) is 3.84. The van der Waals surface area contributed by atoms with Gasteiger partial charge in [-0.05, 0) is 35.1 Å². The van der Waals surface area contributed by atoms with Crippen molar-refractivity contribution in [3.05, 3.63) is 70.1 Å². The number of thiophene rings is 1. The van der Waals surface area contributed by atoms with E-state index in [0.717, 1.165) is 12.0 Å². The number of rotatable bonds is 4. The van der Waals surface area contributed by atoms with Crippen LogP contribution in [0.3, 0.4) is 0 Å². The van der Waals surface area contributed by atoms with Crippen molar-refractivity contribution in [3.8, 4) is 0 Å². The van der Waals surface area contributed by atoms with E-state index in [1.54, 1.807) is 11.3 Å². The third kappa shape index (κ3) is 3.48. The van der Waals surface area contributed by atoms with Crippen LogP contribution < -0.4 is 0 Å². The van der Waals surface area contributed by atoms with Gasteiger partial charge in [0, 0.05) is 16.0 Å². The van der Waals surface area contributed by atoms with Crippen LogP contribution in [0.25, 0.3) is 10.1 Å². The number of hydrogen-bond acceptors (Lipinski definition) is 6. The Balaban J connectivity index is 1.61. The van der Waals surface area contributed by atoms with Crippen molar-refractivity contribution >= 4 is 21.4 Å². The Morgan fingerprint density at radius 3 is 2.50 bits per heavy atom. The zero-order valence-electron chi connectivity index (χ0n) is 15.5. The van der Waals surface area contributed by atoms with Crippen molar-refractivity contribution in [2.75, 3.05) is 6.61 Å². The molecule has 0 spiro atoms. The van der Waals surface area contributed by atoms with Crippen LogP contribution in [0.2, 0.25) is 0 Å². The maximum Gasteiger partial charge on any atom is 0.113 e. The molecular formula is C22H24O5S. The van der Waals surface area contributed by atoms with Crippen molar-refractivity contribution in [2.45, 2.75) is 43.9 Å². The van der Waals surface area contributed by atoms with Gasteiger partial charge in [0.05, 0.1) is 6.61 Å². The molecule has 28 heavy (non-hydrogen) atoms. The van der Waals surface area contributed by atoms with Crippen LogP contribution >= 0.6 is 11.3 Å². The van der Waals surface area contributed by atoms with Crippen LogP contribution in [0.15, 0.2) is 48.5 Å². The number of ether oxygens (including phenoxy) is 1. The number of aliphatic hydroxyl groups is 4. The van der Waals surface area contributed by atoms with Gasteiger partial charge in [-0.2, -0.15) is 0 Å². The molecular weight excluding hydrogens is 376 g/mol. The molecule has 5 atom stereocenters. The molecule has 5 nitrogen and oxygen atoms in total. The molecule has 0 unspecified atom stereocenters. The average Bonchev–Trinajstić information content (AvgIpc) is 3.02. The summed E-state index contributed by atoms with van der Waals surface area (Å²) in [6.45, 7) is 1.71. The fraction of sp³-hybridized carbons (Fsp3) is 0.364. The zero-order chi connectivity index (χ0) is 19.8. The van der Waals surface area contributed by atoms with Gasteiger partial charge in [0.25, 0.3) is 0 Å². The van der Waals surface area contributed by atoms with Crippen LogP contribution in [0.1, 0.15) is 27.7 Å². The van der Waals surface area contributed by atoms with E-state index in [2.05, 4.69) is 19.1 Å². The smallest absolute Gasteiger partial charge is 0.113 e. The largest absolute Gasteiger partial charge is 0.394 e. The Bertz CT molecular complexity index is 966. The minimum Gasteiger partial charge on any atom is -0.394 e. The first-order valence-corrected chi connectivity index (χ1v) is 10.2. The molecule has 148 valence electrons. The van der Waals surface area contributed by atoms with Gasteiger partial charge in [-0.1, -0.05) is 42.5 Å². The second kappa shape index (κ2) is 7.91. The normalized spacial score (nSPS) is 28.0. The van der Waals surface area contributed by atoms with Crippen LogP contribution in [0.4, 0.5) is 0 Å². The van der Waals surface area contributed by atoms with Gasteiger partial charge in [-0.3, -0.25) is 0 Å². The second-order valence-corrected chi connectivity index (χ2v) is 8.45. The lowest BCUT2D eigenvalue weighted by atomic mass is 9.90. The summed E-state index contributed by atoms with van der Waals surface area (Å²) in [6.07, 6.45) is -4.93. The van der Waals surface area contributed by atoms with Crippen molar-refractivity contribution < 1.29 is 25.2 Å². The molecule has 1 saturated heterocycles. The highest BCUT2D eigenvalue weighted by atomic mass is 32.1. The SMILES string of the molecule is Cc1c(Cc2cccc([C@@H]3O[C@H](CO)[C@@H](O)[C@H](O)[C@H]3O)c2)sc2ccccc12. The van der Waals surface area contributed by atoms with E-state index in [9.17, 15) is 20.4 Å². The molecule has 0 aliphatic carbocycles. The Hall–Kier alpha value is -1.80. The summed E-state index contributed by atoms with van der Waals surface area (Å²) < 4.78 is 6.95. The average molecular weight is 400 g/mol. The van der Waals surface area contributed by atoms with Gasteiger partial charge in [0.2, 0.25) is 0 Å². The standard InChI is InChI=1S/C22H24O5S/c1-12-15-7-2-3-8-17(15)28-18(12)10-13-5-4-6-14(9-13)22-21(26)20(25)19(24)16(11-23)27-22/h2-9,16,19-26H,10-11H2,1H3/t16-,19-,20+,21-,22+/m1/s1. The number of fused-ring (bicyclic) bond motifs is 1. The Morgan fingerprint density at radius 1 is 0.964 bits per heavy atom. The summed E-state index contributed by atoms with van der Waals surface area (Å²) in [7, 11) is 0. The molecule has 1 fully saturated rings. The Labute approximate surface area is 167 Å². The lowest BCUT2D eigenvalue weighted by molar-refractivity contribution is -0.231. The number of aliphatic hydroxyl groups excluding tert-OH is 4. The number of hydrogen-bond donors (Lipinski definition) is 4. The van der Waals surface area contributed by atoms with E-state index in [1.807, 2.05) is 36.4 Å². The monoisotopic (exact) mass is 400 g/mol. The summed E-state index contributed by atoms with van der Waals surface area (Å²) in [5.41, 5.74) is 3.07. The maximum absolute atomic E-state index is 10.4. The highest BCUT2D eigenvalue weighted by Gasteiger charge is 2.43. The van der Waals surface area contributed by atoms with E-state index < -0.39 is 37.1 Å². The number of aryl methyl sites for hydroxylation is 1. The summed E-state index contributed by atoms with van der Waals surface area (Å²) in [4.78, 5) is 1.28. The lowest BCUT2D eigenvalue weighted by Gasteiger charge is -2.40. The van der Waals surface area contributed by atoms with Gasteiger partial charge < -0.3 is 25.2 Å². The van der Waals surface area contributed by atoms with Crippen LogP contribution in [-0.4, -0.2) is 51.4 Å². The van der Waals surface area contributed by atoms with E-state index in [4.69, 9.17) is 4.74 Å². The van der Waals surface area contributed by atoms with E-state index in [-0.39, 0.29) is 0 Å². The summed E-state index contributed by atoms with van der Waals surface area (Å²) in [5.74, 6) is 0. The summed E-state index contributed by atoms with van der Waals surface area (Å²) in [6, 6.07) is 16.1. The van der Waals surface area contributed by atoms with E-state index in [0.29, 0.717) is 5.56 Å². The van der Waals surface area contributed by atoms with Crippen molar-refractivity contribution in [1.29, 1.82) is 0 Å². The highest BCUT2D eigenvalue weighted by molar-refractivity contribution is 7.19. The van der Waals surface area contributed by atoms with Gasteiger partial charge in [0.15, 0.2) is 0 Å². The molecule has 1 aliphatic rings. The molecule has 1 aromatic heterocycles. The zero-order valence-corrected chi connectivity index (χ0v) is 16.3. The molecule has 2 aromatic carbocycles. The summed E-state index contributed by atoms with van der Waals surface area (Å²) >= 11 is 1.78. The molecule has 3 aromatic rings. The van der Waals surface area contributed by atoms with Gasteiger partial charge >= 0.3 is 0 Å². The quantitative estimate of drug-likeness (QED) is 0.540. The Kier molecular flexibility index (Phi) is 5.51. The minimum atomic E-state index is -1.37. The first-order chi connectivity index (χ1) is 13.5. The first kappa shape index (κ1) is 19.5. The van der Waals surface area contributed by atoms with Crippen molar-refractivity contribution in [1.82, 2.24) is 0 Å². The molecule has 0 bridgehead atoms. The van der Waals surface area contributed by atoms with Gasteiger partial charge in [-0.25, -0.2) is 0 Å².